The van der Waals surface area contributed by atoms with Crippen LogP contribution in [0.1, 0.15) is 54.6 Å². The summed E-state index contributed by atoms with van der Waals surface area (Å²) in [6.07, 6.45) is 2.39. The van der Waals surface area contributed by atoms with E-state index in [1.165, 1.54) is 23.1 Å². The van der Waals surface area contributed by atoms with Crippen molar-refractivity contribution in [3.8, 4) is 5.75 Å². The zero-order valence-electron chi connectivity index (χ0n) is 19.3. The van der Waals surface area contributed by atoms with Crippen LogP contribution in [-0.4, -0.2) is 39.6 Å². The normalized spacial score (nSPS) is 16.6. The van der Waals surface area contributed by atoms with Gasteiger partial charge >= 0.3 is 5.97 Å². The molecular formula is C26H27N3O6. The molecule has 0 radical (unpaired) electrons. The molecule has 1 fully saturated rings. The summed E-state index contributed by atoms with van der Waals surface area (Å²) in [6.45, 7) is 2.23. The van der Waals surface area contributed by atoms with Gasteiger partial charge in [-0.15, -0.1) is 0 Å². The number of carboxylic acid groups (broad SMARTS) is 1. The molecule has 2 atom stereocenters. The second kappa shape index (κ2) is 10.0. The quantitative estimate of drug-likeness (QED) is 0.286. The van der Waals surface area contributed by atoms with Crippen molar-refractivity contribution in [3.05, 3.63) is 80.1 Å². The SMILES string of the molecule is CC[C@@H](Nc1c(Nc2cccc(C(=O)N3CCCCC3C(=O)O)c2O)c(=O)c1=O)c1ccccc1. The minimum Gasteiger partial charge on any atom is -0.505 e. The van der Waals surface area contributed by atoms with Crippen LogP contribution in [0.15, 0.2) is 58.1 Å². The van der Waals surface area contributed by atoms with Crippen LogP contribution >= 0.6 is 0 Å². The third kappa shape index (κ3) is 4.62. The number of hydrogen-bond donors (Lipinski definition) is 4. The average molecular weight is 478 g/mol. The van der Waals surface area contributed by atoms with Gasteiger partial charge in [-0.05, 0) is 43.4 Å². The van der Waals surface area contributed by atoms with Gasteiger partial charge in [-0.2, -0.15) is 0 Å². The Hall–Kier alpha value is -4.14. The van der Waals surface area contributed by atoms with Gasteiger partial charge in [0, 0.05) is 6.54 Å². The second-order valence-electron chi connectivity index (χ2n) is 8.60. The van der Waals surface area contributed by atoms with Crippen LogP contribution in [0.25, 0.3) is 0 Å². The predicted molar refractivity (Wildman–Crippen MR) is 132 cm³/mol. The molecule has 3 aromatic carbocycles. The lowest BCUT2D eigenvalue weighted by Gasteiger charge is -2.33. The highest BCUT2D eigenvalue weighted by atomic mass is 16.4. The van der Waals surface area contributed by atoms with Crippen molar-refractivity contribution in [1.29, 1.82) is 0 Å². The van der Waals surface area contributed by atoms with Gasteiger partial charge in [0.25, 0.3) is 16.8 Å². The van der Waals surface area contributed by atoms with Gasteiger partial charge in [0.1, 0.15) is 17.4 Å². The Morgan fingerprint density at radius 1 is 1.03 bits per heavy atom. The summed E-state index contributed by atoms with van der Waals surface area (Å²) in [4.78, 5) is 50.6. The number of nitrogens with one attached hydrogen (secondary N) is 2. The first-order valence-corrected chi connectivity index (χ1v) is 11.6. The number of carboxylic acids is 1. The van der Waals surface area contributed by atoms with Crippen molar-refractivity contribution < 1.29 is 19.8 Å². The zero-order chi connectivity index (χ0) is 25.1. The Labute approximate surface area is 201 Å². The number of rotatable bonds is 8. The van der Waals surface area contributed by atoms with E-state index in [0.29, 0.717) is 25.7 Å². The monoisotopic (exact) mass is 477 g/mol. The third-order valence-corrected chi connectivity index (χ3v) is 6.41. The van der Waals surface area contributed by atoms with Crippen molar-refractivity contribution in [2.75, 3.05) is 17.2 Å². The lowest BCUT2D eigenvalue weighted by molar-refractivity contribution is -0.143. The fraction of sp³-hybridized carbons (Fsp3) is 0.308. The van der Waals surface area contributed by atoms with E-state index in [1.807, 2.05) is 37.3 Å². The lowest BCUT2D eigenvalue weighted by atomic mass is 10.0. The maximum atomic E-state index is 13.1. The summed E-state index contributed by atoms with van der Waals surface area (Å²) < 4.78 is 0. The lowest BCUT2D eigenvalue weighted by Crippen LogP contribution is -2.48. The number of aromatic hydroxyl groups is 1. The number of benzene rings is 2. The number of nitrogens with zero attached hydrogens (tertiary/aromatic N) is 1. The molecule has 0 aromatic heterocycles. The minimum absolute atomic E-state index is 0.00525. The Balaban J connectivity index is 1.60. The Morgan fingerprint density at radius 2 is 1.74 bits per heavy atom. The predicted octanol–water partition coefficient (Wildman–Crippen LogP) is 3.37. The largest absolute Gasteiger partial charge is 0.505 e. The molecule has 1 amide bonds. The summed E-state index contributed by atoms with van der Waals surface area (Å²) in [5, 5.41) is 26.2. The van der Waals surface area contributed by atoms with E-state index < -0.39 is 34.5 Å². The summed E-state index contributed by atoms with van der Waals surface area (Å²) in [5.41, 5.74) is -0.317. The van der Waals surface area contributed by atoms with Crippen molar-refractivity contribution in [3.63, 3.8) is 0 Å². The third-order valence-electron chi connectivity index (χ3n) is 6.41. The molecule has 1 aliphatic rings. The van der Waals surface area contributed by atoms with Crippen LogP contribution < -0.4 is 21.5 Å². The number of carbonyl (C=O) groups excluding carboxylic acids is 1. The van der Waals surface area contributed by atoms with E-state index in [1.54, 1.807) is 0 Å². The van der Waals surface area contributed by atoms with Gasteiger partial charge in [0.2, 0.25) is 0 Å². The molecule has 1 heterocycles. The first kappa shape index (κ1) is 24.0. The smallest absolute Gasteiger partial charge is 0.326 e. The number of carbonyl (C=O) groups is 2. The molecule has 3 aromatic rings. The number of para-hydroxylation sites is 1. The molecule has 4 N–H and O–H groups in total. The highest BCUT2D eigenvalue weighted by Gasteiger charge is 2.34. The van der Waals surface area contributed by atoms with E-state index in [-0.39, 0.29) is 35.2 Å². The van der Waals surface area contributed by atoms with Crippen LogP contribution in [0.4, 0.5) is 17.1 Å². The molecule has 182 valence electrons. The molecule has 35 heavy (non-hydrogen) atoms. The van der Waals surface area contributed by atoms with E-state index in [9.17, 15) is 29.4 Å². The standard InChI is InChI=1S/C26H27N3O6/c1-2-17(15-9-4-3-5-10-15)27-20-21(24(32)23(20)31)28-18-12-8-11-16(22(18)30)25(33)29-14-7-6-13-19(29)26(34)35/h3-5,8-12,17,19,27-28,30H,2,6-7,13-14H2,1H3,(H,34,35)/t17-,19?/m1/s1. The van der Waals surface area contributed by atoms with Crippen LogP contribution in [-0.2, 0) is 4.79 Å². The maximum absolute atomic E-state index is 13.1. The fourth-order valence-corrected chi connectivity index (χ4v) is 4.47. The maximum Gasteiger partial charge on any atom is 0.326 e. The van der Waals surface area contributed by atoms with Crippen molar-refractivity contribution >= 4 is 28.9 Å². The Bertz CT molecular complexity index is 1310. The number of amides is 1. The van der Waals surface area contributed by atoms with Crippen LogP contribution in [0.3, 0.4) is 0 Å². The summed E-state index contributed by atoms with van der Waals surface area (Å²) in [7, 11) is 0. The van der Waals surface area contributed by atoms with E-state index in [0.717, 1.165) is 5.56 Å². The van der Waals surface area contributed by atoms with Gasteiger partial charge in [0.15, 0.2) is 5.75 Å². The highest BCUT2D eigenvalue weighted by molar-refractivity contribution is 6.01. The fourth-order valence-electron chi connectivity index (χ4n) is 4.47. The average Bonchev–Trinajstić information content (AvgIpc) is 2.89. The highest BCUT2D eigenvalue weighted by Crippen LogP contribution is 2.34. The number of phenols is 1. The van der Waals surface area contributed by atoms with E-state index in [2.05, 4.69) is 10.6 Å². The van der Waals surface area contributed by atoms with Crippen LogP contribution in [0.2, 0.25) is 0 Å². The van der Waals surface area contributed by atoms with Gasteiger partial charge in [-0.3, -0.25) is 14.4 Å². The molecule has 0 bridgehead atoms. The summed E-state index contributed by atoms with van der Waals surface area (Å²) in [5.74, 6) is -2.10. The first-order valence-electron chi connectivity index (χ1n) is 11.6. The zero-order valence-corrected chi connectivity index (χ0v) is 19.3. The number of phenolic OH excluding ortho intramolecular Hbond substituents is 1. The number of likely N-dealkylation sites (tertiary alicyclic amines) is 1. The molecule has 1 aliphatic heterocycles. The van der Waals surface area contributed by atoms with Crippen molar-refractivity contribution in [1.82, 2.24) is 4.90 Å². The molecule has 9 heteroatoms. The molecule has 1 unspecified atom stereocenters. The first-order chi connectivity index (χ1) is 16.8. The molecule has 0 saturated carbocycles. The van der Waals surface area contributed by atoms with Crippen LogP contribution in [0.5, 0.6) is 5.75 Å². The van der Waals surface area contributed by atoms with Gasteiger partial charge in [-0.1, -0.05) is 43.3 Å². The van der Waals surface area contributed by atoms with Crippen molar-refractivity contribution in [2.24, 2.45) is 0 Å². The molecule has 9 nitrogen and oxygen atoms in total. The van der Waals surface area contributed by atoms with Crippen LogP contribution in [0, 0.1) is 0 Å². The Morgan fingerprint density at radius 3 is 2.43 bits per heavy atom. The Kier molecular flexibility index (Phi) is 6.86. The van der Waals surface area contributed by atoms with Gasteiger partial charge < -0.3 is 25.7 Å². The van der Waals surface area contributed by atoms with Gasteiger partial charge in [-0.25, -0.2) is 4.79 Å². The topological polar surface area (TPSA) is 136 Å². The molecular weight excluding hydrogens is 450 g/mol. The number of hydrogen-bond acceptors (Lipinski definition) is 7. The molecule has 1 saturated heterocycles. The van der Waals surface area contributed by atoms with Crippen molar-refractivity contribution in [2.45, 2.75) is 44.7 Å². The summed E-state index contributed by atoms with van der Waals surface area (Å²) in [6, 6.07) is 12.8. The van der Waals surface area contributed by atoms with E-state index >= 15 is 0 Å². The molecule has 0 spiro atoms. The second-order valence-corrected chi connectivity index (χ2v) is 8.60. The number of piperidine rings is 1. The molecule has 0 aliphatic carbocycles. The number of aliphatic carboxylic acids is 1. The summed E-state index contributed by atoms with van der Waals surface area (Å²) >= 11 is 0. The van der Waals surface area contributed by atoms with Gasteiger partial charge in [0.05, 0.1) is 17.3 Å². The number of anilines is 3. The van der Waals surface area contributed by atoms with E-state index in [4.69, 9.17) is 0 Å². The minimum atomic E-state index is -1.09. The molecule has 4 rings (SSSR count).